The largest absolute Gasteiger partial charge is 0.403 e. The predicted molar refractivity (Wildman–Crippen MR) is 104 cm³/mol. The Morgan fingerprint density at radius 3 is 2.37 bits per heavy atom. The summed E-state index contributed by atoms with van der Waals surface area (Å²) in [7, 11) is 0. The van der Waals surface area contributed by atoms with Crippen LogP contribution in [0.1, 0.15) is 36.0 Å². The van der Waals surface area contributed by atoms with Gasteiger partial charge in [-0.1, -0.05) is 11.6 Å². The van der Waals surface area contributed by atoms with E-state index in [0.29, 0.717) is 13.1 Å². The molecule has 1 aromatic rings. The Kier molecular flexibility index (Phi) is 6.91. The number of carbonyl (C=O) groups excluding carboxylic acids is 2. The Bertz CT molecular complexity index is 770. The van der Waals surface area contributed by atoms with E-state index < -0.39 is 23.3 Å². The molecule has 0 bridgehead atoms. The van der Waals surface area contributed by atoms with Crippen molar-refractivity contribution in [1.82, 2.24) is 15.5 Å². The van der Waals surface area contributed by atoms with Crippen LogP contribution in [-0.2, 0) is 4.79 Å². The van der Waals surface area contributed by atoms with E-state index in [1.54, 1.807) is 0 Å². The number of likely N-dealkylation sites (tertiary alicyclic amines) is 1. The lowest BCUT2D eigenvalue weighted by atomic mass is 9.96. The molecule has 1 heterocycles. The number of piperidine rings is 1. The SMILES string of the molecule is O=C(NCC1CCN(CCNC(=O)C2(C(F)(F)F)CC2)CC1)c1cc(F)cc(Cl)c1. The van der Waals surface area contributed by atoms with Gasteiger partial charge in [0.1, 0.15) is 11.2 Å². The van der Waals surface area contributed by atoms with Gasteiger partial charge in [0.25, 0.3) is 5.91 Å². The molecule has 1 saturated carbocycles. The number of benzene rings is 1. The first-order chi connectivity index (χ1) is 14.1. The lowest BCUT2D eigenvalue weighted by Crippen LogP contribution is -2.45. The van der Waals surface area contributed by atoms with Crippen LogP contribution < -0.4 is 10.6 Å². The molecule has 1 aromatic carbocycles. The molecule has 30 heavy (non-hydrogen) atoms. The fraction of sp³-hybridized carbons (Fsp3) is 0.600. The summed E-state index contributed by atoms with van der Waals surface area (Å²) in [5.74, 6) is -1.63. The van der Waals surface area contributed by atoms with Crippen molar-refractivity contribution in [3.8, 4) is 0 Å². The summed E-state index contributed by atoms with van der Waals surface area (Å²) >= 11 is 5.76. The molecule has 2 fully saturated rings. The van der Waals surface area contributed by atoms with Gasteiger partial charge in [-0.05, 0) is 62.9 Å². The summed E-state index contributed by atoms with van der Waals surface area (Å²) in [5.41, 5.74) is -2.01. The molecule has 10 heteroatoms. The number of nitrogens with zero attached hydrogens (tertiary/aromatic N) is 1. The Morgan fingerprint density at radius 1 is 1.13 bits per heavy atom. The first-order valence-electron chi connectivity index (χ1n) is 9.92. The zero-order chi connectivity index (χ0) is 21.9. The normalized spacial score (nSPS) is 19.4. The molecule has 0 spiro atoms. The number of nitrogens with one attached hydrogen (secondary N) is 2. The molecular formula is C20H24ClF4N3O2. The summed E-state index contributed by atoms with van der Waals surface area (Å²) in [6, 6.07) is 3.66. The highest BCUT2D eigenvalue weighted by atomic mass is 35.5. The van der Waals surface area contributed by atoms with E-state index in [1.807, 2.05) is 0 Å². The number of carbonyl (C=O) groups is 2. The van der Waals surface area contributed by atoms with Crippen molar-refractivity contribution in [1.29, 1.82) is 0 Å². The van der Waals surface area contributed by atoms with E-state index in [4.69, 9.17) is 11.6 Å². The quantitative estimate of drug-likeness (QED) is 0.627. The Balaban J connectivity index is 1.34. The van der Waals surface area contributed by atoms with Crippen LogP contribution in [0.3, 0.4) is 0 Å². The van der Waals surface area contributed by atoms with E-state index in [9.17, 15) is 27.2 Å². The number of alkyl halides is 3. The third-order valence-electron chi connectivity index (χ3n) is 5.82. The number of hydrogen-bond donors (Lipinski definition) is 2. The van der Waals surface area contributed by atoms with Crippen LogP contribution in [0.25, 0.3) is 0 Å². The van der Waals surface area contributed by atoms with Gasteiger partial charge in [0.15, 0.2) is 0 Å². The Morgan fingerprint density at radius 2 is 1.80 bits per heavy atom. The highest BCUT2D eigenvalue weighted by molar-refractivity contribution is 6.31. The highest BCUT2D eigenvalue weighted by Crippen LogP contribution is 2.57. The van der Waals surface area contributed by atoms with Crippen molar-refractivity contribution in [3.05, 3.63) is 34.6 Å². The van der Waals surface area contributed by atoms with Crippen LogP contribution in [0.4, 0.5) is 17.6 Å². The molecule has 2 N–H and O–H groups in total. The monoisotopic (exact) mass is 449 g/mol. The maximum absolute atomic E-state index is 13.4. The Labute approximate surface area is 177 Å². The van der Waals surface area contributed by atoms with Crippen LogP contribution in [-0.4, -0.2) is 55.6 Å². The second kappa shape index (κ2) is 9.09. The van der Waals surface area contributed by atoms with Crippen LogP contribution in [0.15, 0.2) is 18.2 Å². The van der Waals surface area contributed by atoms with Crippen molar-refractivity contribution in [2.75, 3.05) is 32.7 Å². The maximum Gasteiger partial charge on any atom is 0.403 e. The molecule has 0 unspecified atom stereocenters. The van der Waals surface area contributed by atoms with Crippen molar-refractivity contribution in [3.63, 3.8) is 0 Å². The fourth-order valence-corrected chi connectivity index (χ4v) is 3.92. The van der Waals surface area contributed by atoms with Gasteiger partial charge in [0.05, 0.1) is 0 Å². The fourth-order valence-electron chi connectivity index (χ4n) is 3.70. The van der Waals surface area contributed by atoms with E-state index in [-0.39, 0.29) is 41.8 Å². The predicted octanol–water partition coefficient (Wildman–Crippen LogP) is 3.38. The standard InChI is InChI=1S/C20H24ClF4N3O2/c21-15-9-14(10-16(22)11-15)17(29)27-12-13-1-6-28(7-2-13)8-5-26-18(30)19(3-4-19)20(23,24)25/h9-11,13H,1-8,12H2,(H,26,30)(H,27,29). The molecule has 166 valence electrons. The summed E-state index contributed by atoms with van der Waals surface area (Å²) in [5, 5.41) is 5.36. The number of rotatable bonds is 7. The second-order valence-corrected chi connectivity index (χ2v) is 8.43. The summed E-state index contributed by atoms with van der Waals surface area (Å²) in [4.78, 5) is 26.1. The molecule has 1 saturated heterocycles. The Hall–Kier alpha value is -1.87. The van der Waals surface area contributed by atoms with Gasteiger partial charge < -0.3 is 15.5 Å². The number of amides is 2. The summed E-state index contributed by atoms with van der Waals surface area (Å²) < 4.78 is 52.1. The molecule has 2 amide bonds. The van der Waals surface area contributed by atoms with E-state index >= 15 is 0 Å². The van der Waals surface area contributed by atoms with E-state index in [1.165, 1.54) is 6.07 Å². The molecule has 0 atom stereocenters. The molecule has 1 aliphatic heterocycles. The maximum atomic E-state index is 13.4. The van der Waals surface area contributed by atoms with Crippen LogP contribution >= 0.6 is 11.6 Å². The van der Waals surface area contributed by atoms with Gasteiger partial charge >= 0.3 is 6.18 Å². The number of halogens is 5. The van der Waals surface area contributed by atoms with E-state index in [2.05, 4.69) is 15.5 Å². The second-order valence-electron chi connectivity index (χ2n) is 7.99. The average Bonchev–Trinajstić information content (AvgIpc) is 3.48. The molecule has 3 rings (SSSR count). The lowest BCUT2D eigenvalue weighted by Gasteiger charge is -2.32. The molecule has 5 nitrogen and oxygen atoms in total. The minimum absolute atomic E-state index is 0.138. The van der Waals surface area contributed by atoms with Crippen molar-refractivity contribution < 1.29 is 27.2 Å². The van der Waals surface area contributed by atoms with Crippen LogP contribution in [0.2, 0.25) is 5.02 Å². The number of hydrogen-bond acceptors (Lipinski definition) is 3. The zero-order valence-electron chi connectivity index (χ0n) is 16.3. The first kappa shape index (κ1) is 22.8. The first-order valence-corrected chi connectivity index (χ1v) is 10.3. The van der Waals surface area contributed by atoms with Crippen LogP contribution in [0, 0.1) is 17.2 Å². The summed E-state index contributed by atoms with van der Waals surface area (Å²) in [6.07, 6.45) is -3.14. The third-order valence-corrected chi connectivity index (χ3v) is 6.04. The van der Waals surface area contributed by atoms with Gasteiger partial charge in [-0.3, -0.25) is 9.59 Å². The van der Waals surface area contributed by atoms with E-state index in [0.717, 1.165) is 38.1 Å². The van der Waals surface area contributed by atoms with Gasteiger partial charge in [0, 0.05) is 30.2 Å². The lowest BCUT2D eigenvalue weighted by molar-refractivity contribution is -0.192. The van der Waals surface area contributed by atoms with Crippen molar-refractivity contribution in [2.24, 2.45) is 11.3 Å². The minimum Gasteiger partial charge on any atom is -0.354 e. The molecule has 2 aliphatic rings. The van der Waals surface area contributed by atoms with Gasteiger partial charge in [-0.25, -0.2) is 4.39 Å². The van der Waals surface area contributed by atoms with Gasteiger partial charge in [-0.2, -0.15) is 13.2 Å². The van der Waals surface area contributed by atoms with Gasteiger partial charge in [0.2, 0.25) is 5.91 Å². The molecular weight excluding hydrogens is 426 g/mol. The van der Waals surface area contributed by atoms with Crippen molar-refractivity contribution in [2.45, 2.75) is 31.9 Å². The topological polar surface area (TPSA) is 61.4 Å². The zero-order valence-corrected chi connectivity index (χ0v) is 17.1. The average molecular weight is 450 g/mol. The van der Waals surface area contributed by atoms with Crippen LogP contribution in [0.5, 0.6) is 0 Å². The molecule has 0 radical (unpaired) electrons. The molecule has 0 aromatic heterocycles. The molecule has 1 aliphatic carbocycles. The van der Waals surface area contributed by atoms with Crippen molar-refractivity contribution >= 4 is 23.4 Å². The summed E-state index contributed by atoms with van der Waals surface area (Å²) in [6.45, 7) is 2.57. The smallest absolute Gasteiger partial charge is 0.354 e. The highest BCUT2D eigenvalue weighted by Gasteiger charge is 2.68. The minimum atomic E-state index is -4.49. The third kappa shape index (κ3) is 5.43. The van der Waals surface area contributed by atoms with Gasteiger partial charge in [-0.15, -0.1) is 0 Å².